The van der Waals surface area contributed by atoms with Crippen LogP contribution < -0.4 is 25.2 Å². The van der Waals surface area contributed by atoms with Crippen LogP contribution in [0.15, 0.2) is 57.8 Å². The zero-order chi connectivity index (χ0) is 25.4. The van der Waals surface area contributed by atoms with Crippen LogP contribution in [-0.2, 0) is 4.79 Å². The summed E-state index contributed by atoms with van der Waals surface area (Å²) in [6.07, 6.45) is 2.89. The van der Waals surface area contributed by atoms with Crippen molar-refractivity contribution in [2.45, 2.75) is 27.7 Å². The van der Waals surface area contributed by atoms with Gasteiger partial charge in [-0.05, 0) is 61.7 Å². The molecule has 8 nitrogen and oxygen atoms in total. The molecule has 2 aromatic carbocycles. The molecule has 0 unspecified atom stereocenters. The normalized spacial score (nSPS) is 11.1. The SMILES string of the molecule is CCOc1ccc(/C=C/C(=O)Oc2ccc3cc(C(=O)NCC(C)C)c(=O)oc3c2)cc1OCC. The van der Waals surface area contributed by atoms with E-state index in [1.54, 1.807) is 36.4 Å². The number of benzene rings is 2. The van der Waals surface area contributed by atoms with Gasteiger partial charge in [0, 0.05) is 24.1 Å². The molecule has 0 aliphatic carbocycles. The van der Waals surface area contributed by atoms with Crippen molar-refractivity contribution in [3.8, 4) is 17.2 Å². The maximum absolute atomic E-state index is 12.3. The number of carbonyl (C=O) groups excluding carboxylic acids is 2. The Morgan fingerprint density at radius 2 is 1.74 bits per heavy atom. The summed E-state index contributed by atoms with van der Waals surface area (Å²) in [5, 5.41) is 3.23. The fraction of sp³-hybridized carbons (Fsp3) is 0.296. The number of esters is 1. The van der Waals surface area contributed by atoms with Crippen LogP contribution in [0.25, 0.3) is 17.0 Å². The topological polar surface area (TPSA) is 104 Å². The molecule has 1 aromatic heterocycles. The smallest absolute Gasteiger partial charge is 0.349 e. The van der Waals surface area contributed by atoms with Crippen molar-refractivity contribution >= 4 is 28.9 Å². The van der Waals surface area contributed by atoms with Gasteiger partial charge in [-0.15, -0.1) is 0 Å². The lowest BCUT2D eigenvalue weighted by Crippen LogP contribution is -2.31. The Bertz CT molecular complexity index is 1290. The van der Waals surface area contributed by atoms with Crippen LogP contribution in [0.1, 0.15) is 43.6 Å². The Labute approximate surface area is 203 Å². The van der Waals surface area contributed by atoms with Gasteiger partial charge in [0.2, 0.25) is 0 Å². The minimum absolute atomic E-state index is 0.0763. The summed E-state index contributed by atoms with van der Waals surface area (Å²) in [4.78, 5) is 36.9. The molecule has 0 radical (unpaired) electrons. The van der Waals surface area contributed by atoms with E-state index in [9.17, 15) is 14.4 Å². The number of fused-ring (bicyclic) bond motifs is 1. The zero-order valence-electron chi connectivity index (χ0n) is 20.3. The highest BCUT2D eigenvalue weighted by Crippen LogP contribution is 2.29. The molecule has 0 saturated heterocycles. The number of carbonyl (C=O) groups is 2. The number of rotatable bonds is 10. The molecule has 0 aliphatic heterocycles. The van der Waals surface area contributed by atoms with E-state index < -0.39 is 17.5 Å². The Morgan fingerprint density at radius 1 is 1.00 bits per heavy atom. The lowest BCUT2D eigenvalue weighted by molar-refractivity contribution is -0.128. The highest BCUT2D eigenvalue weighted by Gasteiger charge is 2.15. The van der Waals surface area contributed by atoms with Crippen molar-refractivity contribution in [2.75, 3.05) is 19.8 Å². The third-order valence-corrected chi connectivity index (χ3v) is 4.82. The van der Waals surface area contributed by atoms with Gasteiger partial charge in [0.05, 0.1) is 13.2 Å². The van der Waals surface area contributed by atoms with Gasteiger partial charge in [-0.1, -0.05) is 19.9 Å². The van der Waals surface area contributed by atoms with Gasteiger partial charge in [-0.2, -0.15) is 0 Å². The van der Waals surface area contributed by atoms with Crippen LogP contribution in [0.2, 0.25) is 0 Å². The lowest BCUT2D eigenvalue weighted by atomic mass is 10.1. The van der Waals surface area contributed by atoms with E-state index in [0.29, 0.717) is 36.6 Å². The van der Waals surface area contributed by atoms with Crippen molar-refractivity contribution < 1.29 is 28.2 Å². The van der Waals surface area contributed by atoms with Gasteiger partial charge in [0.25, 0.3) is 5.91 Å². The molecule has 184 valence electrons. The number of hydrogen-bond acceptors (Lipinski definition) is 7. The first kappa shape index (κ1) is 25.6. The third kappa shape index (κ3) is 6.96. The molecule has 1 heterocycles. The number of nitrogens with one attached hydrogen (secondary N) is 1. The molecule has 3 aromatic rings. The van der Waals surface area contributed by atoms with Crippen LogP contribution in [0.5, 0.6) is 17.2 Å². The van der Waals surface area contributed by atoms with Crippen molar-refractivity contribution in [3.63, 3.8) is 0 Å². The van der Waals surface area contributed by atoms with E-state index in [-0.39, 0.29) is 22.8 Å². The van der Waals surface area contributed by atoms with E-state index in [1.165, 1.54) is 18.2 Å². The zero-order valence-corrected chi connectivity index (χ0v) is 20.3. The average molecular weight is 480 g/mol. The fourth-order valence-electron chi connectivity index (χ4n) is 3.19. The Kier molecular flexibility index (Phi) is 8.67. The Hall–Kier alpha value is -4.07. The van der Waals surface area contributed by atoms with E-state index in [2.05, 4.69) is 5.32 Å². The maximum Gasteiger partial charge on any atom is 0.349 e. The average Bonchev–Trinajstić information content (AvgIpc) is 2.82. The van der Waals surface area contributed by atoms with Crippen LogP contribution in [0.3, 0.4) is 0 Å². The van der Waals surface area contributed by atoms with Crippen LogP contribution in [0, 0.1) is 5.92 Å². The van der Waals surface area contributed by atoms with Gasteiger partial charge in [-0.3, -0.25) is 4.79 Å². The second kappa shape index (κ2) is 11.9. The monoisotopic (exact) mass is 479 g/mol. The van der Waals surface area contributed by atoms with Crippen molar-refractivity contribution in [3.05, 3.63) is 70.1 Å². The quantitative estimate of drug-likeness (QED) is 0.196. The van der Waals surface area contributed by atoms with E-state index >= 15 is 0 Å². The van der Waals surface area contributed by atoms with Gasteiger partial charge in [0.15, 0.2) is 11.5 Å². The summed E-state index contributed by atoms with van der Waals surface area (Å²) in [5.74, 6) is 0.576. The van der Waals surface area contributed by atoms with E-state index in [0.717, 1.165) is 5.56 Å². The summed E-state index contributed by atoms with van der Waals surface area (Å²) >= 11 is 0. The number of amides is 1. The van der Waals surface area contributed by atoms with Gasteiger partial charge >= 0.3 is 11.6 Å². The molecular weight excluding hydrogens is 450 g/mol. The molecule has 0 saturated carbocycles. The van der Waals surface area contributed by atoms with Crippen molar-refractivity contribution in [2.24, 2.45) is 5.92 Å². The van der Waals surface area contributed by atoms with Crippen LogP contribution in [-0.4, -0.2) is 31.6 Å². The second-order valence-electron chi connectivity index (χ2n) is 8.08. The molecule has 8 heteroatoms. The first-order valence-electron chi connectivity index (χ1n) is 11.5. The largest absolute Gasteiger partial charge is 0.490 e. The molecule has 0 aliphatic rings. The predicted molar refractivity (Wildman–Crippen MR) is 133 cm³/mol. The Morgan fingerprint density at radius 3 is 2.46 bits per heavy atom. The molecular formula is C27H29NO7. The summed E-state index contributed by atoms with van der Waals surface area (Å²) < 4.78 is 21.8. The van der Waals surface area contributed by atoms with Gasteiger partial charge < -0.3 is 23.9 Å². The van der Waals surface area contributed by atoms with E-state index in [4.69, 9.17) is 18.6 Å². The number of hydrogen-bond donors (Lipinski definition) is 1. The molecule has 3 rings (SSSR count). The minimum atomic E-state index is -0.761. The highest BCUT2D eigenvalue weighted by atomic mass is 16.5. The highest BCUT2D eigenvalue weighted by molar-refractivity contribution is 5.97. The molecule has 1 amide bonds. The standard InChI is InChI=1S/C27H29NO7/c1-5-32-22-11-7-18(13-24(22)33-6-2)8-12-25(29)34-20-10-9-19-14-21(26(30)28-16-17(3)4)27(31)35-23(19)15-20/h7-15,17H,5-6,16H2,1-4H3,(H,28,30)/b12-8+. The first-order valence-corrected chi connectivity index (χ1v) is 11.5. The fourth-order valence-corrected chi connectivity index (χ4v) is 3.19. The molecule has 0 atom stereocenters. The summed E-state index contributed by atoms with van der Waals surface area (Å²) in [6, 6.07) is 11.4. The van der Waals surface area contributed by atoms with Crippen molar-refractivity contribution in [1.82, 2.24) is 5.32 Å². The lowest BCUT2D eigenvalue weighted by Gasteiger charge is -2.11. The summed E-state index contributed by atoms with van der Waals surface area (Å²) in [5.41, 5.74) is 0.106. The Balaban J connectivity index is 1.72. The molecule has 1 N–H and O–H groups in total. The minimum Gasteiger partial charge on any atom is -0.490 e. The number of ether oxygens (including phenoxy) is 3. The van der Waals surface area contributed by atoms with Gasteiger partial charge in [0.1, 0.15) is 16.9 Å². The molecule has 35 heavy (non-hydrogen) atoms. The second-order valence-corrected chi connectivity index (χ2v) is 8.08. The summed E-state index contributed by atoms with van der Waals surface area (Å²) in [7, 11) is 0. The molecule has 0 spiro atoms. The predicted octanol–water partition coefficient (Wildman–Crippen LogP) is 4.60. The maximum atomic E-state index is 12.3. The summed E-state index contributed by atoms with van der Waals surface area (Å²) in [6.45, 7) is 9.12. The first-order chi connectivity index (χ1) is 16.8. The van der Waals surface area contributed by atoms with Crippen LogP contribution in [0.4, 0.5) is 0 Å². The third-order valence-electron chi connectivity index (χ3n) is 4.82. The van der Waals surface area contributed by atoms with E-state index in [1.807, 2.05) is 27.7 Å². The van der Waals surface area contributed by atoms with Crippen LogP contribution >= 0.6 is 0 Å². The van der Waals surface area contributed by atoms with Gasteiger partial charge in [-0.25, -0.2) is 9.59 Å². The molecule has 0 fully saturated rings. The molecule has 0 bridgehead atoms. The van der Waals surface area contributed by atoms with Crippen molar-refractivity contribution in [1.29, 1.82) is 0 Å².